The maximum absolute atomic E-state index is 12.9. The fourth-order valence-corrected chi connectivity index (χ4v) is 5.92. The highest BCUT2D eigenvalue weighted by Crippen LogP contribution is 2.27. The number of hydrogen-bond acceptors (Lipinski definition) is 6. The molecule has 2 aliphatic rings. The third-order valence-electron chi connectivity index (χ3n) is 5.82. The van der Waals surface area contributed by atoms with Crippen molar-refractivity contribution in [3.8, 4) is 5.75 Å². The minimum Gasteiger partial charge on any atom is -0.493 e. The number of amides is 1. The third kappa shape index (κ3) is 5.53. The molecular weight excluding hydrogens is 428 g/mol. The van der Waals surface area contributed by atoms with Crippen LogP contribution in [0.2, 0.25) is 0 Å². The van der Waals surface area contributed by atoms with Gasteiger partial charge in [-0.3, -0.25) is 4.79 Å². The van der Waals surface area contributed by atoms with Gasteiger partial charge in [0.1, 0.15) is 12.4 Å². The molecule has 2 fully saturated rings. The predicted octanol–water partition coefficient (Wildman–Crippen LogP) is 1.52. The number of carbonyl (C=O) groups is 1. The summed E-state index contributed by atoms with van der Waals surface area (Å²) in [6, 6.07) is 6.00. The Hall–Kier alpha value is -1.65. The van der Waals surface area contributed by atoms with E-state index < -0.39 is 19.9 Å². The molecule has 30 heavy (non-hydrogen) atoms. The van der Waals surface area contributed by atoms with Crippen molar-refractivity contribution >= 4 is 25.8 Å². The smallest absolute Gasteiger partial charge is 0.243 e. The molecule has 0 aromatic heterocycles. The molecule has 1 aliphatic heterocycles. The Morgan fingerprint density at radius 3 is 2.17 bits per heavy atom. The van der Waals surface area contributed by atoms with Crippen LogP contribution in [0.25, 0.3) is 0 Å². The van der Waals surface area contributed by atoms with Gasteiger partial charge in [0.05, 0.1) is 10.6 Å². The molecule has 0 N–H and O–H groups in total. The van der Waals surface area contributed by atoms with Crippen molar-refractivity contribution in [2.45, 2.75) is 37.5 Å². The van der Waals surface area contributed by atoms with Crippen molar-refractivity contribution in [1.82, 2.24) is 9.21 Å². The molecule has 1 heterocycles. The van der Waals surface area contributed by atoms with Crippen molar-refractivity contribution in [3.05, 3.63) is 24.3 Å². The molecule has 168 valence electrons. The van der Waals surface area contributed by atoms with Crippen LogP contribution >= 0.6 is 0 Å². The summed E-state index contributed by atoms with van der Waals surface area (Å²) in [6.45, 7) is 3.02. The lowest BCUT2D eigenvalue weighted by molar-refractivity contribution is -0.136. The van der Waals surface area contributed by atoms with Gasteiger partial charge in [0.2, 0.25) is 15.9 Å². The Morgan fingerprint density at radius 1 is 1.00 bits per heavy atom. The average molecular weight is 459 g/mol. The normalized spacial score (nSPS) is 19.2. The van der Waals surface area contributed by atoms with Gasteiger partial charge in [-0.15, -0.1) is 0 Å². The lowest BCUT2D eigenvalue weighted by Gasteiger charge is -2.35. The van der Waals surface area contributed by atoms with E-state index in [9.17, 15) is 21.6 Å². The Bertz CT molecular complexity index is 930. The summed E-state index contributed by atoms with van der Waals surface area (Å²) in [5.41, 5.74) is 0. The molecule has 1 saturated heterocycles. The van der Waals surface area contributed by atoms with E-state index in [1.165, 1.54) is 28.6 Å². The first kappa shape index (κ1) is 23.0. The van der Waals surface area contributed by atoms with Crippen LogP contribution in [0.4, 0.5) is 0 Å². The number of piperazine rings is 1. The Labute approximate surface area is 179 Å². The van der Waals surface area contributed by atoms with E-state index in [0.29, 0.717) is 18.8 Å². The molecule has 0 unspecified atom stereocenters. The van der Waals surface area contributed by atoms with Crippen LogP contribution < -0.4 is 4.74 Å². The van der Waals surface area contributed by atoms with Gasteiger partial charge in [0.15, 0.2) is 9.84 Å². The molecular formula is C20H30N2O6S2. The number of benzene rings is 1. The summed E-state index contributed by atoms with van der Waals surface area (Å²) in [5.74, 6) is 0.678. The zero-order valence-electron chi connectivity index (χ0n) is 17.3. The fraction of sp³-hybridized carbons (Fsp3) is 0.650. The first-order chi connectivity index (χ1) is 14.2. The molecule has 3 rings (SSSR count). The first-order valence-electron chi connectivity index (χ1n) is 10.4. The van der Waals surface area contributed by atoms with E-state index >= 15 is 0 Å². The van der Waals surface area contributed by atoms with Gasteiger partial charge < -0.3 is 9.64 Å². The van der Waals surface area contributed by atoms with Crippen LogP contribution in [0.1, 0.15) is 32.6 Å². The lowest BCUT2D eigenvalue weighted by Crippen LogP contribution is -2.51. The molecule has 0 atom stereocenters. The summed E-state index contributed by atoms with van der Waals surface area (Å²) in [6.07, 6.45) is 4.07. The van der Waals surface area contributed by atoms with Gasteiger partial charge in [0, 0.05) is 37.8 Å². The summed E-state index contributed by atoms with van der Waals surface area (Å²) < 4.78 is 55.7. The van der Waals surface area contributed by atoms with E-state index in [1.807, 2.05) is 0 Å². The van der Waals surface area contributed by atoms with Gasteiger partial charge in [-0.1, -0.05) is 19.8 Å². The molecule has 0 bridgehead atoms. The van der Waals surface area contributed by atoms with Crippen molar-refractivity contribution in [2.24, 2.45) is 5.92 Å². The number of sulfonamides is 1. The SMILES string of the molecule is CCS(=O)(=O)CCOc1ccc(S(=O)(=O)N2CCN(C(=O)C3CCCC3)CC2)cc1. The highest BCUT2D eigenvalue weighted by Gasteiger charge is 2.33. The molecule has 0 spiro atoms. The van der Waals surface area contributed by atoms with Gasteiger partial charge in [0.25, 0.3) is 0 Å². The van der Waals surface area contributed by atoms with E-state index in [0.717, 1.165) is 25.7 Å². The molecule has 1 aliphatic carbocycles. The standard InChI is InChI=1S/C20H30N2O6S2/c1-2-29(24,25)16-15-28-18-7-9-19(10-8-18)30(26,27)22-13-11-21(12-14-22)20(23)17-5-3-4-6-17/h7-10,17H,2-6,11-16H2,1H3. The lowest BCUT2D eigenvalue weighted by atomic mass is 10.1. The molecule has 1 saturated carbocycles. The van der Waals surface area contributed by atoms with Gasteiger partial charge in [-0.2, -0.15) is 4.31 Å². The number of sulfone groups is 1. The summed E-state index contributed by atoms with van der Waals surface area (Å²) in [4.78, 5) is 14.5. The predicted molar refractivity (Wildman–Crippen MR) is 114 cm³/mol. The van der Waals surface area contributed by atoms with Crippen molar-refractivity contribution < 1.29 is 26.4 Å². The highest BCUT2D eigenvalue weighted by molar-refractivity contribution is 7.91. The minimum absolute atomic E-state index is 0.0270. The van der Waals surface area contributed by atoms with E-state index in [1.54, 1.807) is 11.8 Å². The fourth-order valence-electron chi connectivity index (χ4n) is 3.87. The zero-order chi connectivity index (χ0) is 21.8. The largest absolute Gasteiger partial charge is 0.493 e. The van der Waals surface area contributed by atoms with Gasteiger partial charge >= 0.3 is 0 Å². The number of hydrogen-bond donors (Lipinski definition) is 0. The second kappa shape index (κ2) is 9.65. The van der Waals surface area contributed by atoms with Crippen LogP contribution in [0.5, 0.6) is 5.75 Å². The van der Waals surface area contributed by atoms with Crippen LogP contribution in [0.15, 0.2) is 29.2 Å². The van der Waals surface area contributed by atoms with Crippen LogP contribution in [0.3, 0.4) is 0 Å². The van der Waals surface area contributed by atoms with Crippen molar-refractivity contribution in [2.75, 3.05) is 44.3 Å². The highest BCUT2D eigenvalue weighted by atomic mass is 32.2. The van der Waals surface area contributed by atoms with Gasteiger partial charge in [-0.25, -0.2) is 16.8 Å². The molecule has 1 amide bonds. The Balaban J connectivity index is 1.54. The maximum atomic E-state index is 12.9. The van der Waals surface area contributed by atoms with Crippen molar-refractivity contribution in [1.29, 1.82) is 0 Å². The quantitative estimate of drug-likeness (QED) is 0.585. The number of ether oxygens (including phenoxy) is 1. The maximum Gasteiger partial charge on any atom is 0.243 e. The molecule has 10 heteroatoms. The molecule has 0 radical (unpaired) electrons. The van der Waals surface area contributed by atoms with Crippen molar-refractivity contribution in [3.63, 3.8) is 0 Å². The van der Waals surface area contributed by atoms with E-state index in [2.05, 4.69) is 0 Å². The van der Waals surface area contributed by atoms with Gasteiger partial charge in [-0.05, 0) is 37.1 Å². The van der Waals surface area contributed by atoms with E-state index in [-0.39, 0.29) is 47.9 Å². The second-order valence-electron chi connectivity index (χ2n) is 7.77. The zero-order valence-corrected chi connectivity index (χ0v) is 19.0. The third-order valence-corrected chi connectivity index (χ3v) is 9.40. The van der Waals surface area contributed by atoms with E-state index in [4.69, 9.17) is 4.74 Å². The molecule has 8 nitrogen and oxygen atoms in total. The van der Waals surface area contributed by atoms with Crippen LogP contribution in [-0.2, 0) is 24.7 Å². The van der Waals surface area contributed by atoms with Crippen LogP contribution in [-0.4, -0.2) is 76.2 Å². The second-order valence-corrected chi connectivity index (χ2v) is 12.2. The Kier molecular flexibility index (Phi) is 7.41. The molecule has 1 aromatic carbocycles. The number of nitrogens with zero attached hydrogens (tertiary/aromatic N) is 2. The topological polar surface area (TPSA) is 101 Å². The molecule has 1 aromatic rings. The average Bonchev–Trinajstić information content (AvgIpc) is 3.28. The summed E-state index contributed by atoms with van der Waals surface area (Å²) in [5, 5.41) is 0. The summed E-state index contributed by atoms with van der Waals surface area (Å²) >= 11 is 0. The summed E-state index contributed by atoms with van der Waals surface area (Å²) in [7, 11) is -6.76. The monoisotopic (exact) mass is 458 g/mol. The minimum atomic E-state index is -3.65. The van der Waals surface area contributed by atoms with Crippen LogP contribution in [0, 0.1) is 5.92 Å². The number of carbonyl (C=O) groups excluding carboxylic acids is 1. The first-order valence-corrected chi connectivity index (χ1v) is 13.7. The Morgan fingerprint density at radius 2 is 1.60 bits per heavy atom. The number of rotatable bonds is 8.